The van der Waals surface area contributed by atoms with E-state index >= 15 is 0 Å². The largest absolute Gasteiger partial charge is 0.372 e. The summed E-state index contributed by atoms with van der Waals surface area (Å²) in [7, 11) is 0. The zero-order valence-electron chi connectivity index (χ0n) is 15.8. The lowest BCUT2D eigenvalue weighted by molar-refractivity contribution is 0.0927. The molecule has 0 bridgehead atoms. The normalized spacial score (nSPS) is 17.7. The maximum atomic E-state index is 12.5. The third-order valence-corrected chi connectivity index (χ3v) is 5.57. The third kappa shape index (κ3) is 4.59. The molecule has 4 rings (SSSR count). The summed E-state index contributed by atoms with van der Waals surface area (Å²) in [6.45, 7) is 2.29. The first-order valence-corrected chi connectivity index (χ1v) is 10.2. The Morgan fingerprint density at radius 3 is 2.44 bits per heavy atom. The van der Waals surface area contributed by atoms with Crippen molar-refractivity contribution in [1.29, 1.82) is 0 Å². The first-order chi connectivity index (χ1) is 13.3. The number of amides is 1. The molecule has 27 heavy (non-hydrogen) atoms. The molecule has 142 valence electrons. The molecule has 1 saturated heterocycles. The fourth-order valence-electron chi connectivity index (χ4n) is 4.03. The predicted octanol–water partition coefficient (Wildman–Crippen LogP) is 4.49. The van der Waals surface area contributed by atoms with E-state index in [1.807, 2.05) is 6.07 Å². The van der Waals surface area contributed by atoms with E-state index < -0.39 is 0 Å². The summed E-state index contributed by atoms with van der Waals surface area (Å²) < 4.78 is 0. The minimum absolute atomic E-state index is 0.00303. The molecule has 1 aromatic heterocycles. The maximum absolute atomic E-state index is 12.5. The Bertz CT molecular complexity index is 762. The lowest BCUT2D eigenvalue weighted by Crippen LogP contribution is -2.36. The molecule has 0 unspecified atom stereocenters. The van der Waals surface area contributed by atoms with Gasteiger partial charge in [-0.05, 0) is 62.1 Å². The molecule has 2 heterocycles. The summed E-state index contributed by atoms with van der Waals surface area (Å²) in [5.41, 5.74) is 2.91. The van der Waals surface area contributed by atoms with Gasteiger partial charge in [-0.15, -0.1) is 0 Å². The number of rotatable bonds is 5. The van der Waals surface area contributed by atoms with E-state index in [1.54, 1.807) is 12.3 Å². The van der Waals surface area contributed by atoms with Gasteiger partial charge in [0.15, 0.2) is 0 Å². The van der Waals surface area contributed by atoms with Crippen LogP contribution < -0.4 is 15.5 Å². The Kier molecular flexibility index (Phi) is 5.56. The van der Waals surface area contributed by atoms with Crippen molar-refractivity contribution in [2.75, 3.05) is 23.3 Å². The van der Waals surface area contributed by atoms with E-state index in [0.29, 0.717) is 17.4 Å². The van der Waals surface area contributed by atoms with Crippen molar-refractivity contribution in [2.24, 2.45) is 0 Å². The number of nitrogens with one attached hydrogen (secondary N) is 2. The molecule has 2 aromatic rings. The molecule has 1 aromatic carbocycles. The quantitative estimate of drug-likeness (QED) is 0.821. The molecular formula is C22H28N4O. The smallest absolute Gasteiger partial charge is 0.251 e. The molecule has 0 atom stereocenters. The number of nitrogens with zero attached hydrogens (tertiary/aromatic N) is 2. The fraction of sp³-hybridized carbons (Fsp3) is 0.455. The van der Waals surface area contributed by atoms with Crippen LogP contribution in [-0.2, 0) is 0 Å². The molecule has 1 amide bonds. The average molecular weight is 364 g/mol. The summed E-state index contributed by atoms with van der Waals surface area (Å²) in [6.07, 6.45) is 10.1. The standard InChI is InChI=1S/C22H28N4O/c27-22(25-18-6-2-1-3-7-18)17-12-13-23-21(16-17)24-19-8-10-20(11-9-19)26-14-4-5-15-26/h8-13,16,18H,1-7,14-15H2,(H,23,24)(H,25,27). The average Bonchev–Trinajstić information content (AvgIpc) is 3.24. The second-order valence-electron chi connectivity index (χ2n) is 7.60. The molecule has 5 heteroatoms. The van der Waals surface area contributed by atoms with Crippen molar-refractivity contribution in [1.82, 2.24) is 10.3 Å². The van der Waals surface area contributed by atoms with Gasteiger partial charge in [0, 0.05) is 42.3 Å². The Hall–Kier alpha value is -2.56. The molecule has 1 saturated carbocycles. The summed E-state index contributed by atoms with van der Waals surface area (Å²) in [4.78, 5) is 19.3. The van der Waals surface area contributed by atoms with E-state index in [9.17, 15) is 4.79 Å². The van der Waals surface area contributed by atoms with Gasteiger partial charge in [-0.2, -0.15) is 0 Å². The molecule has 1 aliphatic carbocycles. The van der Waals surface area contributed by atoms with Gasteiger partial charge in [0.1, 0.15) is 5.82 Å². The van der Waals surface area contributed by atoms with Crippen LogP contribution >= 0.6 is 0 Å². The Labute approximate surface area is 161 Å². The van der Waals surface area contributed by atoms with Crippen molar-refractivity contribution in [3.63, 3.8) is 0 Å². The molecule has 2 aliphatic rings. The highest BCUT2D eigenvalue weighted by atomic mass is 16.1. The second-order valence-corrected chi connectivity index (χ2v) is 7.60. The summed E-state index contributed by atoms with van der Waals surface area (Å²) in [5.74, 6) is 0.692. The van der Waals surface area contributed by atoms with Crippen molar-refractivity contribution in [3.05, 3.63) is 48.2 Å². The topological polar surface area (TPSA) is 57.3 Å². The van der Waals surface area contributed by atoms with E-state index in [2.05, 4.69) is 44.8 Å². The summed E-state index contributed by atoms with van der Waals surface area (Å²) >= 11 is 0. The molecule has 1 aliphatic heterocycles. The minimum atomic E-state index is -0.00303. The lowest BCUT2D eigenvalue weighted by atomic mass is 9.95. The molecule has 2 fully saturated rings. The molecule has 5 nitrogen and oxygen atoms in total. The number of hydrogen-bond donors (Lipinski definition) is 2. The predicted molar refractivity (Wildman–Crippen MR) is 110 cm³/mol. The van der Waals surface area contributed by atoms with Gasteiger partial charge in [0.25, 0.3) is 5.91 Å². The first kappa shape index (κ1) is 17.8. The van der Waals surface area contributed by atoms with Crippen LogP contribution in [0.5, 0.6) is 0 Å². The molecule has 0 radical (unpaired) electrons. The van der Waals surface area contributed by atoms with Crippen molar-refractivity contribution in [2.45, 2.75) is 51.0 Å². The number of pyridine rings is 1. The van der Waals surface area contributed by atoms with Crippen LogP contribution in [-0.4, -0.2) is 30.0 Å². The van der Waals surface area contributed by atoms with Crippen molar-refractivity contribution >= 4 is 23.1 Å². The first-order valence-electron chi connectivity index (χ1n) is 10.2. The van der Waals surface area contributed by atoms with Gasteiger partial charge in [-0.25, -0.2) is 4.98 Å². The Balaban J connectivity index is 1.39. The van der Waals surface area contributed by atoms with E-state index in [1.165, 1.54) is 37.8 Å². The number of hydrogen-bond acceptors (Lipinski definition) is 4. The number of anilines is 3. The zero-order chi connectivity index (χ0) is 18.5. The van der Waals surface area contributed by atoms with E-state index in [0.717, 1.165) is 31.6 Å². The fourth-order valence-corrected chi connectivity index (χ4v) is 4.03. The lowest BCUT2D eigenvalue weighted by Gasteiger charge is -2.22. The van der Waals surface area contributed by atoms with Crippen LogP contribution in [0.3, 0.4) is 0 Å². The highest BCUT2D eigenvalue weighted by molar-refractivity contribution is 5.95. The highest BCUT2D eigenvalue weighted by Crippen LogP contribution is 2.24. The van der Waals surface area contributed by atoms with Crippen LogP contribution in [0.1, 0.15) is 55.3 Å². The molecule has 0 spiro atoms. The van der Waals surface area contributed by atoms with Crippen LogP contribution in [0, 0.1) is 0 Å². The van der Waals surface area contributed by atoms with Gasteiger partial charge in [-0.3, -0.25) is 4.79 Å². The number of benzene rings is 1. The second kappa shape index (κ2) is 8.42. The molecule has 2 N–H and O–H groups in total. The SMILES string of the molecule is O=C(NC1CCCCC1)c1ccnc(Nc2ccc(N3CCCC3)cc2)c1. The number of carbonyl (C=O) groups is 1. The maximum Gasteiger partial charge on any atom is 0.251 e. The van der Waals surface area contributed by atoms with E-state index in [-0.39, 0.29) is 5.91 Å². The summed E-state index contributed by atoms with van der Waals surface area (Å²) in [5, 5.41) is 6.48. The van der Waals surface area contributed by atoms with Crippen molar-refractivity contribution < 1.29 is 4.79 Å². The Morgan fingerprint density at radius 2 is 1.70 bits per heavy atom. The minimum Gasteiger partial charge on any atom is -0.372 e. The van der Waals surface area contributed by atoms with Gasteiger partial charge in [0.2, 0.25) is 0 Å². The van der Waals surface area contributed by atoms with Gasteiger partial charge in [0.05, 0.1) is 0 Å². The van der Waals surface area contributed by atoms with Gasteiger partial charge in [-0.1, -0.05) is 19.3 Å². The monoisotopic (exact) mass is 364 g/mol. The number of carbonyl (C=O) groups excluding carboxylic acids is 1. The van der Waals surface area contributed by atoms with Gasteiger partial charge < -0.3 is 15.5 Å². The van der Waals surface area contributed by atoms with Crippen LogP contribution in [0.15, 0.2) is 42.6 Å². The Morgan fingerprint density at radius 1 is 0.963 bits per heavy atom. The van der Waals surface area contributed by atoms with Crippen molar-refractivity contribution in [3.8, 4) is 0 Å². The highest BCUT2D eigenvalue weighted by Gasteiger charge is 2.17. The van der Waals surface area contributed by atoms with Crippen LogP contribution in [0.2, 0.25) is 0 Å². The number of aromatic nitrogens is 1. The summed E-state index contributed by atoms with van der Waals surface area (Å²) in [6, 6.07) is 12.4. The van der Waals surface area contributed by atoms with Crippen LogP contribution in [0.4, 0.5) is 17.2 Å². The third-order valence-electron chi connectivity index (χ3n) is 5.57. The van der Waals surface area contributed by atoms with Crippen LogP contribution in [0.25, 0.3) is 0 Å². The molecular weight excluding hydrogens is 336 g/mol. The zero-order valence-corrected chi connectivity index (χ0v) is 15.8. The van der Waals surface area contributed by atoms with Gasteiger partial charge >= 0.3 is 0 Å². The van der Waals surface area contributed by atoms with E-state index in [4.69, 9.17) is 0 Å².